The van der Waals surface area contributed by atoms with Crippen molar-refractivity contribution in [1.82, 2.24) is 10.3 Å². The van der Waals surface area contributed by atoms with Crippen LogP contribution in [-0.4, -0.2) is 30.2 Å². The molecule has 1 N–H and O–H groups in total. The number of hydrogen-bond acceptors (Lipinski definition) is 5. The van der Waals surface area contributed by atoms with Crippen molar-refractivity contribution < 1.29 is 0 Å². The summed E-state index contributed by atoms with van der Waals surface area (Å²) in [5.41, 5.74) is 2.01. The normalized spacial score (nSPS) is 27.4. The van der Waals surface area contributed by atoms with Gasteiger partial charge >= 0.3 is 0 Å². The lowest BCUT2D eigenvalue weighted by Crippen LogP contribution is -2.43. The van der Waals surface area contributed by atoms with Gasteiger partial charge in [-0.3, -0.25) is 4.98 Å². The molecule has 1 aromatic heterocycles. The molecule has 0 unspecified atom stereocenters. The fraction of sp³-hybridized carbons (Fsp3) is 0.545. The van der Waals surface area contributed by atoms with E-state index in [0.29, 0.717) is 12.1 Å². The molecule has 0 aromatic carbocycles. The Morgan fingerprint density at radius 2 is 2.50 bits per heavy atom. The molecule has 0 radical (unpaired) electrons. The molecule has 84 valence electrons. The van der Waals surface area contributed by atoms with Gasteiger partial charge in [-0.25, -0.2) is 0 Å². The molecule has 0 amide bonds. The number of rotatable bonds is 3. The topological polar surface area (TPSA) is 57.6 Å². The third-order valence-corrected chi connectivity index (χ3v) is 3.42. The molecule has 0 saturated carbocycles. The predicted octanol–water partition coefficient (Wildman–Crippen LogP) is 0.899. The van der Waals surface area contributed by atoms with Gasteiger partial charge in [-0.2, -0.15) is 4.91 Å². The van der Waals surface area contributed by atoms with Crippen LogP contribution < -0.4 is 10.2 Å². The van der Waals surface area contributed by atoms with E-state index in [9.17, 15) is 4.91 Å². The first-order valence-electron chi connectivity index (χ1n) is 5.60. The van der Waals surface area contributed by atoms with Crippen molar-refractivity contribution >= 4 is 5.69 Å². The number of nitrogens with zero attached hydrogens (tertiary/aromatic N) is 3. The second kappa shape index (κ2) is 3.83. The molecule has 2 aliphatic rings. The van der Waals surface area contributed by atoms with Gasteiger partial charge in [0.15, 0.2) is 0 Å². The minimum absolute atomic E-state index is 0.209. The van der Waals surface area contributed by atoms with Gasteiger partial charge in [-0.05, 0) is 18.1 Å². The highest BCUT2D eigenvalue weighted by atomic mass is 16.3. The highest BCUT2D eigenvalue weighted by molar-refractivity contribution is 5.49. The maximum absolute atomic E-state index is 10.2. The van der Waals surface area contributed by atoms with Crippen LogP contribution in [0.2, 0.25) is 0 Å². The Balaban J connectivity index is 1.83. The molecule has 5 nitrogen and oxygen atoms in total. The molecule has 3 heterocycles. The lowest BCUT2D eigenvalue weighted by molar-refractivity contribution is 0.579. The summed E-state index contributed by atoms with van der Waals surface area (Å²) in [4.78, 5) is 16.8. The van der Waals surface area contributed by atoms with Crippen LogP contribution in [0.5, 0.6) is 0 Å². The summed E-state index contributed by atoms with van der Waals surface area (Å²) >= 11 is 0. The van der Waals surface area contributed by atoms with Crippen molar-refractivity contribution in [2.24, 2.45) is 5.18 Å². The third-order valence-electron chi connectivity index (χ3n) is 3.42. The maximum Gasteiger partial charge on any atom is 0.108 e. The second-order valence-corrected chi connectivity index (χ2v) is 4.49. The fourth-order valence-electron chi connectivity index (χ4n) is 2.67. The van der Waals surface area contributed by atoms with Crippen molar-refractivity contribution in [3.05, 3.63) is 28.9 Å². The van der Waals surface area contributed by atoms with Crippen LogP contribution >= 0.6 is 0 Å². The molecular formula is C11H14N4O. The molecule has 2 fully saturated rings. The second-order valence-electron chi connectivity index (χ2n) is 4.49. The van der Waals surface area contributed by atoms with Crippen LogP contribution in [0.1, 0.15) is 12.0 Å². The van der Waals surface area contributed by atoms with Crippen LogP contribution in [0, 0.1) is 4.91 Å². The minimum atomic E-state index is 0.209. The summed E-state index contributed by atoms with van der Waals surface area (Å²) in [6.45, 7) is 2.31. The standard InChI is InChI=1S/C11H14N4O/c16-14-4-8-1-10(5-12-3-8)15-7-9-2-11(15)6-13-9/h1,3,5,9,11,13H,2,4,6-7H2/t9-,11-/m1/s1. The molecule has 3 rings (SSSR count). The minimum Gasteiger partial charge on any atom is -0.364 e. The summed E-state index contributed by atoms with van der Waals surface area (Å²) in [5.74, 6) is 0. The quantitative estimate of drug-likeness (QED) is 0.766. The number of pyridine rings is 1. The monoisotopic (exact) mass is 218 g/mol. The fourth-order valence-corrected chi connectivity index (χ4v) is 2.67. The molecular weight excluding hydrogens is 204 g/mol. The van der Waals surface area contributed by atoms with E-state index in [1.807, 2.05) is 12.3 Å². The number of aromatic nitrogens is 1. The Morgan fingerprint density at radius 1 is 1.56 bits per heavy atom. The van der Waals surface area contributed by atoms with Gasteiger partial charge in [0.1, 0.15) is 6.54 Å². The van der Waals surface area contributed by atoms with E-state index in [2.05, 4.69) is 20.4 Å². The van der Waals surface area contributed by atoms with E-state index in [4.69, 9.17) is 0 Å². The summed E-state index contributed by atoms with van der Waals surface area (Å²) in [5, 5.41) is 6.37. The lowest BCUT2D eigenvalue weighted by atomic mass is 10.2. The van der Waals surface area contributed by atoms with Crippen LogP contribution in [0.3, 0.4) is 0 Å². The Hall–Kier alpha value is -1.49. The molecule has 0 aliphatic carbocycles. The molecule has 16 heavy (non-hydrogen) atoms. The van der Waals surface area contributed by atoms with Crippen LogP contribution in [0.15, 0.2) is 23.6 Å². The average Bonchev–Trinajstić information content (AvgIpc) is 2.91. The molecule has 5 heteroatoms. The molecule has 1 aromatic rings. The van der Waals surface area contributed by atoms with Crippen LogP contribution in [0.4, 0.5) is 5.69 Å². The first-order valence-corrected chi connectivity index (χ1v) is 5.60. The van der Waals surface area contributed by atoms with Crippen molar-refractivity contribution in [3.8, 4) is 0 Å². The molecule has 2 atom stereocenters. The molecule has 2 saturated heterocycles. The summed E-state index contributed by atoms with van der Waals surface area (Å²) in [6, 6.07) is 3.24. The lowest BCUT2D eigenvalue weighted by Gasteiger charge is -2.29. The zero-order chi connectivity index (χ0) is 11.0. The number of piperazine rings is 1. The van der Waals surface area contributed by atoms with E-state index < -0.39 is 0 Å². The van der Waals surface area contributed by atoms with Crippen LogP contribution in [0.25, 0.3) is 0 Å². The van der Waals surface area contributed by atoms with E-state index in [-0.39, 0.29) is 6.54 Å². The Kier molecular flexibility index (Phi) is 2.32. The van der Waals surface area contributed by atoms with Gasteiger partial charge in [-0.1, -0.05) is 5.18 Å². The Morgan fingerprint density at radius 3 is 3.19 bits per heavy atom. The summed E-state index contributed by atoms with van der Waals surface area (Å²) in [6.07, 6.45) is 4.79. The Bertz CT molecular complexity index is 409. The van der Waals surface area contributed by atoms with Crippen LogP contribution in [-0.2, 0) is 6.54 Å². The molecule has 2 bridgehead atoms. The van der Waals surface area contributed by atoms with Crippen molar-refractivity contribution in [1.29, 1.82) is 0 Å². The first kappa shape index (κ1) is 9.72. The van der Waals surface area contributed by atoms with E-state index in [1.54, 1.807) is 6.20 Å². The van der Waals surface area contributed by atoms with Gasteiger partial charge in [0.2, 0.25) is 0 Å². The van der Waals surface area contributed by atoms with Gasteiger partial charge in [0, 0.05) is 31.4 Å². The van der Waals surface area contributed by atoms with Crippen molar-refractivity contribution in [2.45, 2.75) is 25.0 Å². The van der Waals surface area contributed by atoms with Gasteiger partial charge in [-0.15, -0.1) is 0 Å². The summed E-state index contributed by atoms with van der Waals surface area (Å²) < 4.78 is 0. The highest BCUT2D eigenvalue weighted by Gasteiger charge is 2.37. The van der Waals surface area contributed by atoms with Gasteiger partial charge in [0.25, 0.3) is 0 Å². The van der Waals surface area contributed by atoms with Crippen molar-refractivity contribution in [2.75, 3.05) is 18.0 Å². The maximum atomic E-state index is 10.2. The third kappa shape index (κ3) is 1.57. The number of nitrogens with one attached hydrogen (secondary N) is 1. The van der Waals surface area contributed by atoms with Crippen molar-refractivity contribution in [3.63, 3.8) is 0 Å². The summed E-state index contributed by atoms with van der Waals surface area (Å²) in [7, 11) is 0. The molecule has 2 aliphatic heterocycles. The van der Waals surface area contributed by atoms with E-state index in [1.165, 1.54) is 6.42 Å². The van der Waals surface area contributed by atoms with Gasteiger partial charge < -0.3 is 10.2 Å². The SMILES string of the molecule is O=NCc1cncc(N2C[C@H]3C[C@@H]2CN3)c1. The number of hydrogen-bond donors (Lipinski definition) is 1. The van der Waals surface area contributed by atoms with E-state index in [0.717, 1.165) is 24.3 Å². The zero-order valence-electron chi connectivity index (χ0n) is 8.97. The predicted molar refractivity (Wildman–Crippen MR) is 61.3 cm³/mol. The zero-order valence-corrected chi connectivity index (χ0v) is 8.97. The average molecular weight is 218 g/mol. The number of fused-ring (bicyclic) bond motifs is 2. The van der Waals surface area contributed by atoms with E-state index >= 15 is 0 Å². The molecule has 0 spiro atoms. The van der Waals surface area contributed by atoms with Gasteiger partial charge in [0.05, 0.1) is 11.9 Å². The number of nitroso groups, excluding NO2 is 1. The Labute approximate surface area is 93.8 Å². The first-order chi connectivity index (χ1) is 7.86. The number of anilines is 1. The highest BCUT2D eigenvalue weighted by Crippen LogP contribution is 2.29. The largest absolute Gasteiger partial charge is 0.364 e. The smallest absolute Gasteiger partial charge is 0.108 e.